The summed E-state index contributed by atoms with van der Waals surface area (Å²) in [6.07, 6.45) is -5.86. The summed E-state index contributed by atoms with van der Waals surface area (Å²) in [6, 6.07) is 4.83. The lowest BCUT2D eigenvalue weighted by atomic mass is 9.96. The Labute approximate surface area is 108 Å². The first-order valence-corrected chi connectivity index (χ1v) is 6.02. The van der Waals surface area contributed by atoms with Crippen molar-refractivity contribution in [2.45, 2.75) is 38.0 Å². The summed E-state index contributed by atoms with van der Waals surface area (Å²) < 4.78 is 36.3. The Morgan fingerprint density at radius 2 is 2.05 bits per heavy atom. The second-order valence-corrected chi connectivity index (χ2v) is 4.63. The van der Waals surface area contributed by atoms with Crippen molar-refractivity contribution in [3.8, 4) is 0 Å². The zero-order valence-corrected chi connectivity index (χ0v) is 10.1. The molecule has 0 fully saturated rings. The molecule has 1 unspecified atom stereocenters. The number of carbonyl (C=O) groups is 1. The minimum Gasteiger partial charge on any atom is -0.388 e. The average Bonchev–Trinajstić information content (AvgIpc) is 2.34. The quantitative estimate of drug-likeness (QED) is 0.889. The molecule has 2 N–H and O–H groups in total. The lowest BCUT2D eigenvalue weighted by molar-refractivity contribution is -0.140. The van der Waals surface area contributed by atoms with Gasteiger partial charge < -0.3 is 10.4 Å². The zero-order chi connectivity index (χ0) is 14.0. The fourth-order valence-corrected chi connectivity index (χ4v) is 2.08. The van der Waals surface area contributed by atoms with E-state index in [0.29, 0.717) is 24.1 Å². The molecule has 1 aromatic rings. The van der Waals surface area contributed by atoms with Crippen molar-refractivity contribution in [1.82, 2.24) is 0 Å². The van der Waals surface area contributed by atoms with Crippen LogP contribution in [0, 0.1) is 0 Å². The van der Waals surface area contributed by atoms with E-state index < -0.39 is 18.7 Å². The second-order valence-electron chi connectivity index (χ2n) is 4.63. The van der Waals surface area contributed by atoms with Crippen LogP contribution in [-0.2, 0) is 11.2 Å². The molecule has 6 heteroatoms. The van der Waals surface area contributed by atoms with Crippen molar-refractivity contribution in [2.24, 2.45) is 0 Å². The van der Waals surface area contributed by atoms with Crippen molar-refractivity contribution in [1.29, 1.82) is 0 Å². The van der Waals surface area contributed by atoms with Gasteiger partial charge in [0.05, 0.1) is 6.10 Å². The first-order chi connectivity index (χ1) is 8.85. The fraction of sp³-hybridized carbons (Fsp3) is 0.462. The Kier molecular flexibility index (Phi) is 3.80. The van der Waals surface area contributed by atoms with Gasteiger partial charge in [-0.2, -0.15) is 13.2 Å². The maximum absolute atomic E-state index is 12.1. The lowest BCUT2D eigenvalue weighted by Crippen LogP contribution is -2.19. The molecular weight excluding hydrogens is 259 g/mol. The molecule has 0 radical (unpaired) electrons. The van der Waals surface area contributed by atoms with Crippen LogP contribution in [0.25, 0.3) is 0 Å². The SMILES string of the molecule is O=C1CCc2cc(C(O)CCC(F)(F)F)ccc2N1. The summed E-state index contributed by atoms with van der Waals surface area (Å²) in [5.41, 5.74) is 1.98. The molecule has 0 saturated carbocycles. The summed E-state index contributed by atoms with van der Waals surface area (Å²) >= 11 is 0. The second kappa shape index (κ2) is 5.21. The van der Waals surface area contributed by atoms with Crippen molar-refractivity contribution < 1.29 is 23.1 Å². The lowest BCUT2D eigenvalue weighted by Gasteiger charge is -2.19. The molecule has 0 spiro atoms. The molecule has 1 aromatic carbocycles. The van der Waals surface area contributed by atoms with Gasteiger partial charge in [-0.15, -0.1) is 0 Å². The minimum absolute atomic E-state index is 0.0714. The Balaban J connectivity index is 2.07. The summed E-state index contributed by atoms with van der Waals surface area (Å²) in [5, 5.41) is 12.4. The largest absolute Gasteiger partial charge is 0.389 e. The van der Waals surface area contributed by atoms with E-state index in [1.165, 1.54) is 0 Å². The van der Waals surface area contributed by atoms with Gasteiger partial charge in [0.1, 0.15) is 0 Å². The van der Waals surface area contributed by atoms with Gasteiger partial charge in [0, 0.05) is 18.5 Å². The number of alkyl halides is 3. The fourth-order valence-electron chi connectivity index (χ4n) is 2.08. The average molecular weight is 273 g/mol. The van der Waals surface area contributed by atoms with Gasteiger partial charge in [-0.1, -0.05) is 12.1 Å². The summed E-state index contributed by atoms with van der Waals surface area (Å²) in [5.74, 6) is -0.0714. The van der Waals surface area contributed by atoms with Crippen molar-refractivity contribution in [3.63, 3.8) is 0 Å². The molecule has 1 amide bonds. The van der Waals surface area contributed by atoms with Crippen LogP contribution < -0.4 is 5.32 Å². The Morgan fingerprint density at radius 3 is 2.74 bits per heavy atom. The molecule has 3 nitrogen and oxygen atoms in total. The van der Waals surface area contributed by atoms with E-state index >= 15 is 0 Å². The summed E-state index contributed by atoms with van der Waals surface area (Å²) in [4.78, 5) is 11.2. The number of hydrogen-bond donors (Lipinski definition) is 2. The highest BCUT2D eigenvalue weighted by molar-refractivity contribution is 5.93. The smallest absolute Gasteiger partial charge is 0.388 e. The molecule has 1 aliphatic heterocycles. The van der Waals surface area contributed by atoms with Crippen molar-refractivity contribution in [2.75, 3.05) is 5.32 Å². The number of hydrogen-bond acceptors (Lipinski definition) is 2. The number of benzene rings is 1. The van der Waals surface area contributed by atoms with Gasteiger partial charge in [-0.05, 0) is 30.0 Å². The Bertz CT molecular complexity index is 485. The van der Waals surface area contributed by atoms with Crippen molar-refractivity contribution in [3.05, 3.63) is 29.3 Å². The molecular formula is C13H14F3NO2. The number of aliphatic hydroxyl groups excluding tert-OH is 1. The van der Waals surface area contributed by atoms with Crippen LogP contribution in [0.4, 0.5) is 18.9 Å². The highest BCUT2D eigenvalue weighted by Crippen LogP contribution is 2.30. The van der Waals surface area contributed by atoms with Crippen molar-refractivity contribution >= 4 is 11.6 Å². The van der Waals surface area contributed by atoms with Gasteiger partial charge in [0.15, 0.2) is 0 Å². The molecule has 19 heavy (non-hydrogen) atoms. The van der Waals surface area contributed by atoms with Crippen LogP contribution in [-0.4, -0.2) is 17.2 Å². The number of nitrogens with one attached hydrogen (secondary N) is 1. The topological polar surface area (TPSA) is 49.3 Å². The van der Waals surface area contributed by atoms with Crippen LogP contribution in [0.2, 0.25) is 0 Å². The van der Waals surface area contributed by atoms with Crippen LogP contribution in [0.3, 0.4) is 0 Å². The first kappa shape index (κ1) is 13.9. The Morgan fingerprint density at radius 1 is 1.32 bits per heavy atom. The summed E-state index contributed by atoms with van der Waals surface area (Å²) in [7, 11) is 0. The standard InChI is InChI=1S/C13H14F3NO2/c14-13(15,16)6-5-11(18)9-1-3-10-8(7-9)2-4-12(19)17-10/h1,3,7,11,18H,2,4-6H2,(H,17,19). The number of rotatable bonds is 3. The number of amides is 1. The predicted octanol–water partition coefficient (Wildman–Crippen LogP) is 2.95. The molecule has 1 aliphatic rings. The number of fused-ring (bicyclic) bond motifs is 1. The third kappa shape index (κ3) is 3.70. The molecule has 0 aromatic heterocycles. The van der Waals surface area contributed by atoms with Gasteiger partial charge in [-0.25, -0.2) is 0 Å². The highest BCUT2D eigenvalue weighted by Gasteiger charge is 2.28. The summed E-state index contributed by atoms with van der Waals surface area (Å²) in [6.45, 7) is 0. The number of aryl methyl sites for hydroxylation is 1. The molecule has 1 atom stereocenters. The first-order valence-electron chi connectivity index (χ1n) is 6.02. The third-order valence-electron chi connectivity index (χ3n) is 3.11. The molecule has 104 valence electrons. The van der Waals surface area contributed by atoms with E-state index in [1.807, 2.05) is 0 Å². The van der Waals surface area contributed by atoms with E-state index in [-0.39, 0.29) is 12.3 Å². The number of carbonyl (C=O) groups excluding carboxylic acids is 1. The number of anilines is 1. The molecule has 2 rings (SSSR count). The van der Waals surface area contributed by atoms with E-state index in [0.717, 1.165) is 5.56 Å². The van der Waals surface area contributed by atoms with Gasteiger partial charge >= 0.3 is 6.18 Å². The van der Waals surface area contributed by atoms with Crippen LogP contribution in [0.15, 0.2) is 18.2 Å². The van der Waals surface area contributed by atoms with E-state index in [4.69, 9.17) is 0 Å². The third-order valence-corrected chi connectivity index (χ3v) is 3.11. The molecule has 0 aliphatic carbocycles. The normalized spacial score (nSPS) is 16.7. The van der Waals surface area contributed by atoms with Gasteiger partial charge in [0.2, 0.25) is 5.91 Å². The van der Waals surface area contributed by atoms with E-state index in [1.54, 1.807) is 18.2 Å². The highest BCUT2D eigenvalue weighted by atomic mass is 19.4. The van der Waals surface area contributed by atoms with Crippen LogP contribution >= 0.6 is 0 Å². The predicted molar refractivity (Wildman–Crippen MR) is 63.6 cm³/mol. The maximum atomic E-state index is 12.1. The van der Waals surface area contributed by atoms with E-state index in [9.17, 15) is 23.1 Å². The maximum Gasteiger partial charge on any atom is 0.389 e. The van der Waals surface area contributed by atoms with Crippen LogP contribution in [0.5, 0.6) is 0 Å². The molecule has 1 heterocycles. The number of halogens is 3. The van der Waals surface area contributed by atoms with Gasteiger partial charge in [-0.3, -0.25) is 4.79 Å². The van der Waals surface area contributed by atoms with Crippen LogP contribution in [0.1, 0.15) is 36.5 Å². The Hall–Kier alpha value is -1.56. The zero-order valence-electron chi connectivity index (χ0n) is 10.1. The number of aliphatic hydroxyl groups is 1. The van der Waals surface area contributed by atoms with Gasteiger partial charge in [0.25, 0.3) is 0 Å². The molecule has 0 bridgehead atoms. The minimum atomic E-state index is -4.26. The molecule has 0 saturated heterocycles. The monoisotopic (exact) mass is 273 g/mol. The van der Waals surface area contributed by atoms with E-state index in [2.05, 4.69) is 5.32 Å².